The maximum Gasteiger partial charge on any atom is 0.310 e. The molecule has 2 heterocycles. The second-order valence-corrected chi connectivity index (χ2v) is 4.14. The van der Waals surface area contributed by atoms with Crippen molar-refractivity contribution in [1.82, 2.24) is 10.3 Å². The third kappa shape index (κ3) is 1.87. The van der Waals surface area contributed by atoms with E-state index in [4.69, 9.17) is 5.11 Å². The van der Waals surface area contributed by atoms with Crippen molar-refractivity contribution in [3.63, 3.8) is 0 Å². The molecule has 0 aromatic carbocycles. The molecule has 0 unspecified atom stereocenters. The minimum absolute atomic E-state index is 0.0532. The molecule has 1 aromatic rings. The van der Waals surface area contributed by atoms with Gasteiger partial charge in [0.05, 0.1) is 12.1 Å². The first-order valence-electron chi connectivity index (χ1n) is 4.15. The normalized spacial score (nSPS) is 15.4. The lowest BCUT2D eigenvalue weighted by atomic mass is 10.2. The highest BCUT2D eigenvalue weighted by Crippen LogP contribution is 2.21. The highest BCUT2D eigenvalue weighted by molar-refractivity contribution is 7.11. The minimum atomic E-state index is -0.806. The first-order chi connectivity index (χ1) is 6.25. The molecule has 5 heteroatoms. The Kier molecular flexibility index (Phi) is 2.28. The standard InChI is InChI=1S/C8H10N2O2S/c11-8(12)3-7-10-5-1-2-9-4-6(5)13-7/h9H,1-4H2,(H,11,12). The van der Waals surface area contributed by atoms with E-state index in [1.54, 1.807) is 0 Å². The summed E-state index contributed by atoms with van der Waals surface area (Å²) in [6.07, 6.45) is 0.975. The smallest absolute Gasteiger partial charge is 0.310 e. The van der Waals surface area contributed by atoms with Crippen molar-refractivity contribution in [1.29, 1.82) is 0 Å². The predicted octanol–water partition coefficient (Wildman–Crippen LogP) is 0.416. The van der Waals surface area contributed by atoms with Crippen LogP contribution in [0.25, 0.3) is 0 Å². The van der Waals surface area contributed by atoms with E-state index >= 15 is 0 Å². The zero-order valence-corrected chi connectivity index (χ0v) is 7.86. The molecule has 4 nitrogen and oxygen atoms in total. The van der Waals surface area contributed by atoms with Crippen molar-refractivity contribution < 1.29 is 9.90 Å². The summed E-state index contributed by atoms with van der Waals surface area (Å²) in [5.41, 5.74) is 1.08. The summed E-state index contributed by atoms with van der Waals surface area (Å²) in [5.74, 6) is -0.806. The molecule has 0 bridgehead atoms. The van der Waals surface area contributed by atoms with Gasteiger partial charge in [-0.2, -0.15) is 0 Å². The molecule has 0 fully saturated rings. The summed E-state index contributed by atoms with van der Waals surface area (Å²) in [7, 11) is 0. The average Bonchev–Trinajstić information content (AvgIpc) is 2.44. The van der Waals surface area contributed by atoms with Gasteiger partial charge in [0.15, 0.2) is 0 Å². The molecule has 0 saturated carbocycles. The van der Waals surface area contributed by atoms with Crippen molar-refractivity contribution in [2.75, 3.05) is 6.54 Å². The van der Waals surface area contributed by atoms with Crippen molar-refractivity contribution in [3.8, 4) is 0 Å². The summed E-state index contributed by atoms with van der Waals surface area (Å²) < 4.78 is 0. The molecule has 1 aliphatic rings. The number of rotatable bonds is 2. The number of aliphatic carboxylic acids is 1. The topological polar surface area (TPSA) is 62.2 Å². The van der Waals surface area contributed by atoms with Gasteiger partial charge in [-0.15, -0.1) is 11.3 Å². The third-order valence-electron chi connectivity index (χ3n) is 1.95. The van der Waals surface area contributed by atoms with Gasteiger partial charge in [-0.25, -0.2) is 4.98 Å². The summed E-state index contributed by atoms with van der Waals surface area (Å²) in [5, 5.41) is 12.5. The third-order valence-corrected chi connectivity index (χ3v) is 3.05. The number of carboxylic acid groups (broad SMARTS) is 1. The van der Waals surface area contributed by atoms with Crippen LogP contribution in [0.1, 0.15) is 15.6 Å². The van der Waals surface area contributed by atoms with E-state index < -0.39 is 5.97 Å². The van der Waals surface area contributed by atoms with E-state index in [0.717, 1.165) is 30.2 Å². The Morgan fingerprint density at radius 2 is 2.54 bits per heavy atom. The molecule has 0 radical (unpaired) electrons. The summed E-state index contributed by atoms with van der Waals surface area (Å²) in [6.45, 7) is 1.79. The predicted molar refractivity (Wildman–Crippen MR) is 48.9 cm³/mol. The number of thiazole rings is 1. The van der Waals surface area contributed by atoms with Gasteiger partial charge in [0.25, 0.3) is 0 Å². The van der Waals surface area contributed by atoms with Crippen molar-refractivity contribution >= 4 is 17.3 Å². The van der Waals surface area contributed by atoms with Crippen LogP contribution in [0.15, 0.2) is 0 Å². The number of carbonyl (C=O) groups is 1. The fourth-order valence-corrected chi connectivity index (χ4v) is 2.46. The molecule has 2 rings (SSSR count). The molecular weight excluding hydrogens is 188 g/mol. The molecule has 1 aliphatic heterocycles. The van der Waals surface area contributed by atoms with Gasteiger partial charge in [-0.3, -0.25) is 4.79 Å². The number of aromatic nitrogens is 1. The molecule has 0 saturated heterocycles. The fourth-order valence-electron chi connectivity index (χ4n) is 1.38. The van der Waals surface area contributed by atoms with Crippen LogP contribution in [-0.4, -0.2) is 22.6 Å². The number of fused-ring (bicyclic) bond motifs is 1. The Labute approximate surface area is 79.6 Å². The Bertz CT molecular complexity index is 311. The molecular formula is C8H10N2O2S. The SMILES string of the molecule is O=C(O)Cc1nc2c(s1)CNCC2. The van der Waals surface area contributed by atoms with Crippen LogP contribution < -0.4 is 5.32 Å². The first-order valence-corrected chi connectivity index (χ1v) is 4.97. The molecule has 0 atom stereocenters. The van der Waals surface area contributed by atoms with Gasteiger partial charge in [0, 0.05) is 24.4 Å². The zero-order valence-electron chi connectivity index (χ0n) is 7.04. The highest BCUT2D eigenvalue weighted by Gasteiger charge is 2.15. The molecule has 70 valence electrons. The van der Waals surface area contributed by atoms with E-state index in [1.165, 1.54) is 16.2 Å². The maximum absolute atomic E-state index is 10.4. The Hall–Kier alpha value is -0.940. The molecule has 0 amide bonds. The van der Waals surface area contributed by atoms with Crippen LogP contribution in [0.2, 0.25) is 0 Å². The van der Waals surface area contributed by atoms with Crippen molar-refractivity contribution in [2.24, 2.45) is 0 Å². The van der Waals surface area contributed by atoms with E-state index in [0.29, 0.717) is 0 Å². The van der Waals surface area contributed by atoms with Crippen molar-refractivity contribution in [2.45, 2.75) is 19.4 Å². The fraction of sp³-hybridized carbons (Fsp3) is 0.500. The molecule has 13 heavy (non-hydrogen) atoms. The molecule has 0 aliphatic carbocycles. The van der Waals surface area contributed by atoms with Gasteiger partial charge in [-0.1, -0.05) is 0 Å². The molecule has 0 spiro atoms. The Morgan fingerprint density at radius 3 is 3.23 bits per heavy atom. The Morgan fingerprint density at radius 1 is 1.69 bits per heavy atom. The average molecular weight is 198 g/mol. The lowest BCUT2D eigenvalue weighted by Gasteiger charge is -2.09. The van der Waals surface area contributed by atoms with Crippen molar-refractivity contribution in [3.05, 3.63) is 15.6 Å². The minimum Gasteiger partial charge on any atom is -0.481 e. The summed E-state index contributed by atoms with van der Waals surface area (Å²) in [4.78, 5) is 15.9. The van der Waals surface area contributed by atoms with Crippen LogP contribution in [-0.2, 0) is 24.2 Å². The van der Waals surface area contributed by atoms with Crippen LogP contribution in [0.5, 0.6) is 0 Å². The lowest BCUT2D eigenvalue weighted by molar-refractivity contribution is -0.136. The van der Waals surface area contributed by atoms with Gasteiger partial charge in [0.2, 0.25) is 0 Å². The highest BCUT2D eigenvalue weighted by atomic mass is 32.1. The zero-order chi connectivity index (χ0) is 9.26. The molecule has 1 aromatic heterocycles. The summed E-state index contributed by atoms with van der Waals surface area (Å²) >= 11 is 1.51. The maximum atomic E-state index is 10.4. The number of hydrogen-bond donors (Lipinski definition) is 2. The van der Waals surface area contributed by atoms with Crippen LogP contribution in [0.3, 0.4) is 0 Å². The number of nitrogens with one attached hydrogen (secondary N) is 1. The van der Waals surface area contributed by atoms with E-state index in [1.807, 2.05) is 0 Å². The van der Waals surface area contributed by atoms with E-state index in [2.05, 4.69) is 10.3 Å². The largest absolute Gasteiger partial charge is 0.481 e. The van der Waals surface area contributed by atoms with Gasteiger partial charge in [0.1, 0.15) is 5.01 Å². The van der Waals surface area contributed by atoms with Crippen LogP contribution in [0, 0.1) is 0 Å². The number of nitrogens with zero attached hydrogens (tertiary/aromatic N) is 1. The molecule has 2 N–H and O–H groups in total. The lowest BCUT2D eigenvalue weighted by Crippen LogP contribution is -2.22. The number of hydrogen-bond acceptors (Lipinski definition) is 4. The Balaban J connectivity index is 2.20. The monoisotopic (exact) mass is 198 g/mol. The van der Waals surface area contributed by atoms with Crippen LogP contribution in [0.4, 0.5) is 0 Å². The first kappa shape index (κ1) is 8.65. The van der Waals surface area contributed by atoms with E-state index in [-0.39, 0.29) is 6.42 Å². The quantitative estimate of drug-likeness (QED) is 0.722. The second kappa shape index (κ2) is 3.43. The van der Waals surface area contributed by atoms with Gasteiger partial charge < -0.3 is 10.4 Å². The second-order valence-electron chi connectivity index (χ2n) is 2.97. The van der Waals surface area contributed by atoms with Gasteiger partial charge >= 0.3 is 5.97 Å². The van der Waals surface area contributed by atoms with Gasteiger partial charge in [-0.05, 0) is 0 Å². The van der Waals surface area contributed by atoms with Crippen LogP contribution >= 0.6 is 11.3 Å². The summed E-state index contributed by atoms with van der Waals surface area (Å²) in [6, 6.07) is 0. The van der Waals surface area contributed by atoms with E-state index in [9.17, 15) is 4.79 Å². The number of carboxylic acids is 1.